The molecule has 0 bridgehead atoms. The summed E-state index contributed by atoms with van der Waals surface area (Å²) in [6, 6.07) is 10.4. The van der Waals surface area contributed by atoms with Crippen LogP contribution in [0, 0.1) is 0 Å². The average molecular weight is 530 g/mol. The highest BCUT2D eigenvalue weighted by Crippen LogP contribution is 2.28. The molecular formula is C22H28ClN3O6S2. The fourth-order valence-corrected chi connectivity index (χ4v) is 6.87. The highest BCUT2D eigenvalue weighted by molar-refractivity contribution is 7.89. The third-order valence-corrected chi connectivity index (χ3v) is 9.67. The highest BCUT2D eigenvalue weighted by atomic mass is 35.5. The maximum atomic E-state index is 13.0. The van der Waals surface area contributed by atoms with Crippen LogP contribution >= 0.6 is 11.6 Å². The zero-order valence-corrected chi connectivity index (χ0v) is 21.4. The van der Waals surface area contributed by atoms with Gasteiger partial charge in [-0.3, -0.25) is 4.79 Å². The number of nitrogens with one attached hydrogen (secondary N) is 1. The van der Waals surface area contributed by atoms with Crippen LogP contribution in [-0.4, -0.2) is 64.6 Å². The molecule has 0 atom stereocenters. The molecule has 1 aliphatic heterocycles. The summed E-state index contributed by atoms with van der Waals surface area (Å²) >= 11 is 6.06. The number of hydrogen-bond donors (Lipinski definition) is 1. The van der Waals surface area contributed by atoms with Crippen LogP contribution in [0.4, 0.5) is 0 Å². The van der Waals surface area contributed by atoms with E-state index in [2.05, 4.69) is 5.32 Å². The molecule has 2 aromatic rings. The van der Waals surface area contributed by atoms with Crippen molar-refractivity contribution >= 4 is 37.6 Å². The van der Waals surface area contributed by atoms with Crippen LogP contribution in [0.3, 0.4) is 0 Å². The predicted octanol–water partition coefficient (Wildman–Crippen LogP) is 2.46. The number of sulfonamides is 2. The second-order valence-electron chi connectivity index (χ2n) is 7.76. The van der Waals surface area contributed by atoms with Gasteiger partial charge in [0.15, 0.2) is 0 Å². The standard InChI is InChI=1S/C22H28ClN3O6S2/c1-3-25(34(30,31)19-10-11-21(32-2)20(23)14-19)16-22(27)24-15-17-6-8-18(9-7-17)33(28,29)26-12-4-5-13-26/h6-11,14H,3-5,12-13,15-16H2,1-2H3,(H,24,27). The molecule has 34 heavy (non-hydrogen) atoms. The van der Waals surface area contributed by atoms with Crippen molar-refractivity contribution in [1.82, 2.24) is 13.9 Å². The Hall–Kier alpha value is -2.18. The van der Waals surface area contributed by atoms with E-state index in [1.807, 2.05) is 0 Å². The molecule has 1 saturated heterocycles. The number of halogens is 1. The van der Waals surface area contributed by atoms with Gasteiger partial charge in [0.25, 0.3) is 0 Å². The van der Waals surface area contributed by atoms with E-state index in [0.29, 0.717) is 24.4 Å². The molecule has 2 aromatic carbocycles. The van der Waals surface area contributed by atoms with Gasteiger partial charge in [-0.1, -0.05) is 30.7 Å². The molecule has 0 unspecified atom stereocenters. The normalized spacial score (nSPS) is 14.9. The second kappa shape index (κ2) is 11.0. The van der Waals surface area contributed by atoms with Crippen molar-refractivity contribution in [2.45, 2.75) is 36.1 Å². The van der Waals surface area contributed by atoms with Gasteiger partial charge in [0.05, 0.1) is 28.5 Å². The first-order chi connectivity index (χ1) is 16.1. The number of nitrogens with zero attached hydrogens (tertiary/aromatic N) is 2. The van der Waals surface area contributed by atoms with Crippen LogP contribution in [0.25, 0.3) is 0 Å². The fraction of sp³-hybridized carbons (Fsp3) is 0.409. The largest absolute Gasteiger partial charge is 0.495 e. The number of carbonyl (C=O) groups excluding carboxylic acids is 1. The first-order valence-electron chi connectivity index (χ1n) is 10.8. The van der Waals surface area contributed by atoms with Gasteiger partial charge in [0.2, 0.25) is 26.0 Å². The van der Waals surface area contributed by atoms with Crippen LogP contribution in [0.1, 0.15) is 25.3 Å². The molecule has 1 fully saturated rings. The first-order valence-corrected chi connectivity index (χ1v) is 14.0. The Balaban J connectivity index is 1.61. The summed E-state index contributed by atoms with van der Waals surface area (Å²) in [6.45, 7) is 2.54. The van der Waals surface area contributed by atoms with E-state index >= 15 is 0 Å². The van der Waals surface area contributed by atoms with E-state index in [1.54, 1.807) is 19.1 Å². The van der Waals surface area contributed by atoms with Gasteiger partial charge >= 0.3 is 0 Å². The summed E-state index contributed by atoms with van der Waals surface area (Å²) in [7, 11) is -6.02. The third-order valence-electron chi connectivity index (χ3n) is 5.55. The van der Waals surface area contributed by atoms with Gasteiger partial charge in [0.1, 0.15) is 5.75 Å². The summed E-state index contributed by atoms with van der Waals surface area (Å²) in [6.07, 6.45) is 1.72. The molecule has 0 radical (unpaired) electrons. The number of rotatable bonds is 10. The molecule has 0 aromatic heterocycles. The quantitative estimate of drug-likeness (QED) is 0.506. The van der Waals surface area contributed by atoms with E-state index < -0.39 is 26.0 Å². The summed E-state index contributed by atoms with van der Waals surface area (Å²) in [5.74, 6) is -0.139. The van der Waals surface area contributed by atoms with Crippen molar-refractivity contribution in [3.05, 3.63) is 53.1 Å². The van der Waals surface area contributed by atoms with Crippen LogP contribution in [-0.2, 0) is 31.4 Å². The molecular weight excluding hydrogens is 502 g/mol. The maximum Gasteiger partial charge on any atom is 0.243 e. The molecule has 186 valence electrons. The first kappa shape index (κ1) is 26.4. The Morgan fingerprint density at radius 1 is 1.06 bits per heavy atom. The summed E-state index contributed by atoms with van der Waals surface area (Å²) in [5, 5.41) is 2.83. The second-order valence-corrected chi connectivity index (χ2v) is 12.0. The average Bonchev–Trinajstić information content (AvgIpc) is 3.37. The highest BCUT2D eigenvalue weighted by Gasteiger charge is 2.28. The Morgan fingerprint density at radius 3 is 2.24 bits per heavy atom. The van der Waals surface area contributed by atoms with Crippen LogP contribution in [0.2, 0.25) is 5.02 Å². The van der Waals surface area contributed by atoms with Crippen molar-refractivity contribution in [3.8, 4) is 5.75 Å². The molecule has 0 spiro atoms. The van der Waals surface area contributed by atoms with Crippen molar-refractivity contribution in [2.75, 3.05) is 33.3 Å². The minimum atomic E-state index is -3.95. The predicted molar refractivity (Wildman–Crippen MR) is 129 cm³/mol. The maximum absolute atomic E-state index is 13.0. The minimum absolute atomic E-state index is 0.0391. The fourth-order valence-electron chi connectivity index (χ4n) is 3.60. The molecule has 1 amide bonds. The number of ether oxygens (including phenoxy) is 1. The lowest BCUT2D eigenvalue weighted by Crippen LogP contribution is -2.40. The number of carbonyl (C=O) groups is 1. The van der Waals surface area contributed by atoms with Gasteiger partial charge in [0, 0.05) is 26.2 Å². The third kappa shape index (κ3) is 5.89. The topological polar surface area (TPSA) is 113 Å². The molecule has 1 heterocycles. The minimum Gasteiger partial charge on any atom is -0.495 e. The van der Waals surface area contributed by atoms with Gasteiger partial charge in [-0.2, -0.15) is 8.61 Å². The molecule has 12 heteroatoms. The molecule has 1 N–H and O–H groups in total. The molecule has 0 aliphatic carbocycles. The van der Waals surface area contributed by atoms with E-state index in [4.69, 9.17) is 16.3 Å². The summed E-state index contributed by atoms with van der Waals surface area (Å²) in [4.78, 5) is 12.6. The summed E-state index contributed by atoms with van der Waals surface area (Å²) in [5.41, 5.74) is 0.696. The van der Waals surface area contributed by atoms with Gasteiger partial charge in [-0.15, -0.1) is 0 Å². The monoisotopic (exact) mass is 529 g/mol. The van der Waals surface area contributed by atoms with Gasteiger partial charge in [-0.25, -0.2) is 16.8 Å². The molecule has 3 rings (SSSR count). The van der Waals surface area contributed by atoms with Gasteiger partial charge in [-0.05, 0) is 48.7 Å². The van der Waals surface area contributed by atoms with Crippen LogP contribution in [0.5, 0.6) is 5.75 Å². The van der Waals surface area contributed by atoms with Crippen LogP contribution < -0.4 is 10.1 Å². The van der Waals surface area contributed by atoms with E-state index in [1.165, 1.54) is 41.7 Å². The van der Waals surface area contributed by atoms with Crippen molar-refractivity contribution < 1.29 is 26.4 Å². The summed E-state index contributed by atoms with van der Waals surface area (Å²) < 4.78 is 58.7. The Kier molecular flexibility index (Phi) is 8.58. The Bertz CT molecular complexity index is 1230. The Morgan fingerprint density at radius 2 is 1.68 bits per heavy atom. The zero-order valence-electron chi connectivity index (χ0n) is 19.0. The lowest BCUT2D eigenvalue weighted by Gasteiger charge is -2.20. The number of likely N-dealkylation sites (N-methyl/N-ethyl adjacent to an activating group) is 1. The molecule has 9 nitrogen and oxygen atoms in total. The van der Waals surface area contributed by atoms with Crippen LogP contribution in [0.15, 0.2) is 52.3 Å². The molecule has 0 saturated carbocycles. The van der Waals surface area contributed by atoms with Gasteiger partial charge < -0.3 is 10.1 Å². The SMILES string of the molecule is CCN(CC(=O)NCc1ccc(S(=O)(=O)N2CCCC2)cc1)S(=O)(=O)c1ccc(OC)c(Cl)c1. The lowest BCUT2D eigenvalue weighted by molar-refractivity contribution is -0.121. The smallest absolute Gasteiger partial charge is 0.243 e. The number of hydrogen-bond acceptors (Lipinski definition) is 6. The zero-order chi connectivity index (χ0) is 24.9. The van der Waals surface area contributed by atoms with Crippen molar-refractivity contribution in [2.24, 2.45) is 0 Å². The Labute approximate surface area is 205 Å². The number of amides is 1. The van der Waals surface area contributed by atoms with E-state index in [9.17, 15) is 21.6 Å². The molecule has 1 aliphatic rings. The lowest BCUT2D eigenvalue weighted by atomic mass is 10.2. The van der Waals surface area contributed by atoms with Crippen molar-refractivity contribution in [3.63, 3.8) is 0 Å². The van der Waals surface area contributed by atoms with E-state index in [-0.39, 0.29) is 34.4 Å². The number of methoxy groups -OCH3 is 1. The van der Waals surface area contributed by atoms with E-state index in [0.717, 1.165) is 17.1 Å². The number of benzene rings is 2. The van der Waals surface area contributed by atoms with Crippen molar-refractivity contribution in [1.29, 1.82) is 0 Å².